The third-order valence-corrected chi connectivity index (χ3v) is 4.29. The standard InChI is InChI=1S/C21H28O4/c1-3-5-14-24-21(25-15-6-4-2)13-12-18(20(22)23)19(16-21)17-10-8-7-9-11-17/h7-13H,3-6,14-16H2,1-2H3,(H,22,23). The molecule has 0 saturated carbocycles. The SMILES string of the molecule is CCCCOC1(OCCCC)C=CC(C(=O)O)=C(c2ccccc2)C1. The van der Waals surface area contributed by atoms with Gasteiger partial charge >= 0.3 is 5.97 Å². The summed E-state index contributed by atoms with van der Waals surface area (Å²) in [5.74, 6) is -1.81. The molecule has 0 unspecified atom stereocenters. The lowest BCUT2D eigenvalue weighted by molar-refractivity contribution is -0.202. The Labute approximate surface area is 150 Å². The summed E-state index contributed by atoms with van der Waals surface area (Å²) in [6.07, 6.45) is 7.78. The molecule has 4 heteroatoms. The first-order chi connectivity index (χ1) is 12.1. The zero-order valence-corrected chi connectivity index (χ0v) is 15.2. The first kappa shape index (κ1) is 19.4. The van der Waals surface area contributed by atoms with Gasteiger partial charge in [-0.3, -0.25) is 0 Å². The summed E-state index contributed by atoms with van der Waals surface area (Å²) in [7, 11) is 0. The van der Waals surface area contributed by atoms with Gasteiger partial charge in [-0.25, -0.2) is 4.79 Å². The molecule has 0 radical (unpaired) electrons. The average molecular weight is 344 g/mol. The van der Waals surface area contributed by atoms with Crippen LogP contribution in [0, 0.1) is 0 Å². The van der Waals surface area contributed by atoms with Gasteiger partial charge in [-0.05, 0) is 36.1 Å². The Morgan fingerprint density at radius 2 is 1.68 bits per heavy atom. The van der Waals surface area contributed by atoms with Crippen LogP contribution in [0.5, 0.6) is 0 Å². The van der Waals surface area contributed by atoms with Crippen LogP contribution in [-0.2, 0) is 14.3 Å². The molecule has 0 aliphatic heterocycles. The van der Waals surface area contributed by atoms with E-state index in [1.54, 1.807) is 12.2 Å². The highest BCUT2D eigenvalue weighted by molar-refractivity contribution is 6.00. The van der Waals surface area contributed by atoms with E-state index in [9.17, 15) is 9.90 Å². The van der Waals surface area contributed by atoms with Crippen LogP contribution in [-0.4, -0.2) is 30.1 Å². The fourth-order valence-corrected chi connectivity index (χ4v) is 2.83. The molecule has 0 fully saturated rings. The number of benzene rings is 1. The Balaban J connectivity index is 2.31. The molecule has 1 aromatic rings. The fourth-order valence-electron chi connectivity index (χ4n) is 2.83. The molecule has 1 aromatic carbocycles. The minimum absolute atomic E-state index is 0.306. The molecule has 0 bridgehead atoms. The van der Waals surface area contributed by atoms with Gasteiger partial charge < -0.3 is 14.6 Å². The fraction of sp³-hybridized carbons (Fsp3) is 0.476. The third kappa shape index (κ3) is 5.28. The van der Waals surface area contributed by atoms with Crippen molar-refractivity contribution in [3.63, 3.8) is 0 Å². The van der Waals surface area contributed by atoms with Gasteiger partial charge in [-0.15, -0.1) is 0 Å². The summed E-state index contributed by atoms with van der Waals surface area (Å²) >= 11 is 0. The van der Waals surface area contributed by atoms with Crippen LogP contribution in [0.15, 0.2) is 48.1 Å². The van der Waals surface area contributed by atoms with E-state index in [-0.39, 0.29) is 0 Å². The van der Waals surface area contributed by atoms with Crippen LogP contribution < -0.4 is 0 Å². The summed E-state index contributed by atoms with van der Waals surface area (Å²) < 4.78 is 12.2. The van der Waals surface area contributed by atoms with Crippen molar-refractivity contribution in [1.29, 1.82) is 0 Å². The molecule has 0 amide bonds. The maximum atomic E-state index is 11.7. The largest absolute Gasteiger partial charge is 0.478 e. The Bertz CT molecular complexity index is 606. The summed E-state index contributed by atoms with van der Waals surface area (Å²) in [6.45, 7) is 5.42. The predicted molar refractivity (Wildman–Crippen MR) is 99.2 cm³/mol. The minimum Gasteiger partial charge on any atom is -0.478 e. The first-order valence-electron chi connectivity index (χ1n) is 9.11. The van der Waals surface area contributed by atoms with E-state index >= 15 is 0 Å². The van der Waals surface area contributed by atoms with E-state index in [1.165, 1.54) is 0 Å². The first-order valence-corrected chi connectivity index (χ1v) is 9.11. The molecule has 0 spiro atoms. The smallest absolute Gasteiger partial charge is 0.335 e. The molecule has 1 N–H and O–H groups in total. The number of ether oxygens (including phenoxy) is 2. The molecular formula is C21H28O4. The van der Waals surface area contributed by atoms with Crippen molar-refractivity contribution in [2.75, 3.05) is 13.2 Å². The minimum atomic E-state index is -0.925. The van der Waals surface area contributed by atoms with Crippen molar-refractivity contribution < 1.29 is 19.4 Å². The van der Waals surface area contributed by atoms with Crippen molar-refractivity contribution in [3.8, 4) is 0 Å². The van der Waals surface area contributed by atoms with Crippen molar-refractivity contribution in [1.82, 2.24) is 0 Å². The molecule has 0 atom stereocenters. The Morgan fingerprint density at radius 3 is 2.20 bits per heavy atom. The van der Waals surface area contributed by atoms with E-state index in [2.05, 4.69) is 13.8 Å². The van der Waals surface area contributed by atoms with Crippen LogP contribution in [0.3, 0.4) is 0 Å². The average Bonchev–Trinajstić information content (AvgIpc) is 2.63. The molecule has 4 nitrogen and oxygen atoms in total. The summed E-state index contributed by atoms with van der Waals surface area (Å²) in [4.78, 5) is 11.7. The van der Waals surface area contributed by atoms with Crippen molar-refractivity contribution in [2.24, 2.45) is 0 Å². The molecule has 0 saturated heterocycles. The lowest BCUT2D eigenvalue weighted by Gasteiger charge is -2.35. The van der Waals surface area contributed by atoms with E-state index in [1.807, 2.05) is 30.3 Å². The maximum Gasteiger partial charge on any atom is 0.335 e. The van der Waals surface area contributed by atoms with Gasteiger partial charge in [0, 0.05) is 6.42 Å². The van der Waals surface area contributed by atoms with Gasteiger partial charge in [0.25, 0.3) is 0 Å². The second kappa shape index (κ2) is 9.54. The highest BCUT2D eigenvalue weighted by Gasteiger charge is 2.35. The van der Waals surface area contributed by atoms with Crippen LogP contribution in [0.2, 0.25) is 0 Å². The number of carboxylic acid groups (broad SMARTS) is 1. The lowest BCUT2D eigenvalue weighted by Crippen LogP contribution is -2.37. The van der Waals surface area contributed by atoms with Gasteiger partial charge in [0.1, 0.15) is 0 Å². The Morgan fingerprint density at radius 1 is 1.08 bits per heavy atom. The lowest BCUT2D eigenvalue weighted by atomic mass is 9.88. The van der Waals surface area contributed by atoms with E-state index in [4.69, 9.17) is 9.47 Å². The number of aliphatic carboxylic acids is 1. The van der Waals surface area contributed by atoms with Crippen LogP contribution in [0.4, 0.5) is 0 Å². The van der Waals surface area contributed by atoms with Gasteiger partial charge in [-0.1, -0.05) is 57.0 Å². The quantitative estimate of drug-likeness (QED) is 0.488. The van der Waals surface area contributed by atoms with Gasteiger partial charge in [0.15, 0.2) is 5.79 Å². The van der Waals surface area contributed by atoms with Gasteiger partial charge in [-0.2, -0.15) is 0 Å². The van der Waals surface area contributed by atoms with Crippen LogP contribution in [0.25, 0.3) is 5.57 Å². The summed E-state index contributed by atoms with van der Waals surface area (Å²) in [5, 5.41) is 9.58. The molecule has 0 heterocycles. The molecule has 25 heavy (non-hydrogen) atoms. The molecule has 1 aliphatic carbocycles. The van der Waals surface area contributed by atoms with Crippen molar-refractivity contribution in [3.05, 3.63) is 53.6 Å². The Kier molecular flexibility index (Phi) is 7.41. The number of rotatable bonds is 10. The van der Waals surface area contributed by atoms with E-state index < -0.39 is 11.8 Å². The van der Waals surface area contributed by atoms with Crippen LogP contribution in [0.1, 0.15) is 51.5 Å². The maximum absolute atomic E-state index is 11.7. The van der Waals surface area contributed by atoms with E-state index in [0.717, 1.165) is 36.8 Å². The Hall–Kier alpha value is -1.91. The monoisotopic (exact) mass is 344 g/mol. The van der Waals surface area contributed by atoms with Gasteiger partial charge in [0.05, 0.1) is 18.8 Å². The molecular weight excluding hydrogens is 316 g/mol. The topological polar surface area (TPSA) is 55.8 Å². The number of hydrogen-bond acceptors (Lipinski definition) is 3. The molecule has 0 aromatic heterocycles. The second-order valence-electron chi connectivity index (χ2n) is 6.29. The van der Waals surface area contributed by atoms with Crippen LogP contribution >= 0.6 is 0 Å². The molecule has 1 aliphatic rings. The number of carbonyl (C=O) groups is 1. The second-order valence-corrected chi connectivity index (χ2v) is 6.29. The number of hydrogen-bond donors (Lipinski definition) is 1. The normalized spacial score (nSPS) is 16.2. The number of carboxylic acids is 1. The van der Waals surface area contributed by atoms with Crippen molar-refractivity contribution in [2.45, 2.75) is 51.7 Å². The highest BCUT2D eigenvalue weighted by Crippen LogP contribution is 2.37. The van der Waals surface area contributed by atoms with Crippen molar-refractivity contribution >= 4 is 11.5 Å². The summed E-state index contributed by atoms with van der Waals surface area (Å²) in [6, 6.07) is 9.61. The molecule has 136 valence electrons. The predicted octanol–water partition coefficient (Wildman–Crippen LogP) is 4.81. The van der Waals surface area contributed by atoms with Gasteiger partial charge in [0.2, 0.25) is 0 Å². The summed E-state index contributed by atoms with van der Waals surface area (Å²) in [5.41, 5.74) is 1.95. The van der Waals surface area contributed by atoms with E-state index in [0.29, 0.717) is 25.2 Å². The molecule has 2 rings (SSSR count). The zero-order valence-electron chi connectivity index (χ0n) is 15.2. The third-order valence-electron chi connectivity index (χ3n) is 4.29. The zero-order chi connectivity index (χ0) is 18.1. The number of unbranched alkanes of at least 4 members (excludes halogenated alkanes) is 2. The highest BCUT2D eigenvalue weighted by atomic mass is 16.7.